The third kappa shape index (κ3) is 1.84. The summed E-state index contributed by atoms with van der Waals surface area (Å²) in [6.07, 6.45) is 5.72. The molecule has 1 atom stereocenters. The van der Waals surface area contributed by atoms with E-state index in [1.807, 2.05) is 0 Å². The van der Waals surface area contributed by atoms with Crippen LogP contribution < -0.4 is 0 Å². The molecule has 3 heteroatoms. The minimum Gasteiger partial charge on any atom is -0.348 e. The summed E-state index contributed by atoms with van der Waals surface area (Å²) in [7, 11) is 0. The number of carbonyl (C=O) groups is 1. The molecule has 0 aromatic carbocycles. The van der Waals surface area contributed by atoms with Gasteiger partial charge < -0.3 is 14.3 Å². The highest BCUT2D eigenvalue weighted by Gasteiger charge is 2.45. The number of hydrogen-bond donors (Lipinski definition) is 0. The van der Waals surface area contributed by atoms with Crippen molar-refractivity contribution in [1.29, 1.82) is 0 Å². The third-order valence-electron chi connectivity index (χ3n) is 3.42. The van der Waals surface area contributed by atoms with Gasteiger partial charge in [0.1, 0.15) is 6.29 Å². The summed E-state index contributed by atoms with van der Waals surface area (Å²) < 4.78 is 11.4. The van der Waals surface area contributed by atoms with Crippen LogP contribution in [0.4, 0.5) is 0 Å². The molecule has 1 aliphatic heterocycles. The maximum absolute atomic E-state index is 10.6. The molecule has 1 aliphatic carbocycles. The summed E-state index contributed by atoms with van der Waals surface area (Å²) in [6, 6.07) is 0. The van der Waals surface area contributed by atoms with E-state index in [4.69, 9.17) is 9.47 Å². The second-order valence-corrected chi connectivity index (χ2v) is 4.82. The molecule has 0 N–H and O–H groups in total. The van der Waals surface area contributed by atoms with Gasteiger partial charge in [-0.3, -0.25) is 0 Å². The molecule has 0 aromatic heterocycles. The van der Waals surface area contributed by atoms with E-state index in [1.54, 1.807) is 0 Å². The van der Waals surface area contributed by atoms with Gasteiger partial charge in [-0.15, -0.1) is 0 Å². The van der Waals surface area contributed by atoms with Crippen molar-refractivity contribution >= 4 is 6.29 Å². The van der Waals surface area contributed by atoms with Crippen LogP contribution in [0.5, 0.6) is 0 Å². The van der Waals surface area contributed by atoms with E-state index in [0.717, 1.165) is 32.0 Å². The predicted molar refractivity (Wildman–Crippen MR) is 51.9 cm³/mol. The summed E-state index contributed by atoms with van der Waals surface area (Å²) in [5.74, 6) is -0.351. The Hall–Kier alpha value is -0.410. The lowest BCUT2D eigenvalue weighted by Crippen LogP contribution is -2.41. The van der Waals surface area contributed by atoms with Crippen LogP contribution >= 0.6 is 0 Å². The summed E-state index contributed by atoms with van der Waals surface area (Å²) >= 11 is 0. The zero-order chi connectivity index (χ0) is 10.1. The number of aldehydes is 1. The Balaban J connectivity index is 2.05. The Kier molecular flexibility index (Phi) is 2.62. The van der Waals surface area contributed by atoms with Gasteiger partial charge in [-0.1, -0.05) is 6.92 Å². The van der Waals surface area contributed by atoms with E-state index in [0.29, 0.717) is 19.6 Å². The molecule has 0 radical (unpaired) electrons. The average Bonchev–Trinajstić information content (AvgIpc) is 2.52. The summed E-state index contributed by atoms with van der Waals surface area (Å²) in [5, 5.41) is 0. The standard InChI is InChI=1S/C11H18O3/c1-10(5-6-12)3-2-4-11(9-10)13-7-8-14-11/h6H,2-5,7-9H2,1H3. The number of rotatable bonds is 2. The van der Waals surface area contributed by atoms with Crippen molar-refractivity contribution in [3.8, 4) is 0 Å². The lowest BCUT2D eigenvalue weighted by Gasteiger charge is -2.42. The van der Waals surface area contributed by atoms with Crippen LogP contribution in [0, 0.1) is 5.41 Å². The molecule has 2 aliphatic rings. The first-order valence-electron chi connectivity index (χ1n) is 5.40. The van der Waals surface area contributed by atoms with Gasteiger partial charge in [-0.05, 0) is 18.3 Å². The van der Waals surface area contributed by atoms with Gasteiger partial charge in [-0.2, -0.15) is 0 Å². The van der Waals surface area contributed by atoms with Gasteiger partial charge in [0.15, 0.2) is 5.79 Å². The highest BCUT2D eigenvalue weighted by molar-refractivity contribution is 5.50. The second kappa shape index (κ2) is 3.63. The first kappa shape index (κ1) is 10.1. The predicted octanol–water partition coefficient (Wildman–Crippen LogP) is 1.90. The number of hydrogen-bond acceptors (Lipinski definition) is 3. The van der Waals surface area contributed by atoms with Crippen molar-refractivity contribution < 1.29 is 14.3 Å². The fourth-order valence-corrected chi connectivity index (χ4v) is 2.73. The van der Waals surface area contributed by atoms with Crippen LogP contribution in [0.1, 0.15) is 39.0 Å². The molecule has 1 unspecified atom stereocenters. The molecule has 3 nitrogen and oxygen atoms in total. The fraction of sp³-hybridized carbons (Fsp3) is 0.909. The van der Waals surface area contributed by atoms with Crippen molar-refractivity contribution in [1.82, 2.24) is 0 Å². The van der Waals surface area contributed by atoms with E-state index in [2.05, 4.69) is 6.92 Å². The molecule has 80 valence electrons. The largest absolute Gasteiger partial charge is 0.348 e. The van der Waals surface area contributed by atoms with Gasteiger partial charge >= 0.3 is 0 Å². The van der Waals surface area contributed by atoms with Gasteiger partial charge in [0, 0.05) is 19.3 Å². The Labute approximate surface area is 84.8 Å². The van der Waals surface area contributed by atoms with Crippen LogP contribution in [-0.4, -0.2) is 25.3 Å². The highest BCUT2D eigenvalue weighted by Crippen LogP contribution is 2.46. The highest BCUT2D eigenvalue weighted by atomic mass is 16.7. The van der Waals surface area contributed by atoms with Crippen molar-refractivity contribution in [3.05, 3.63) is 0 Å². The maximum Gasteiger partial charge on any atom is 0.169 e. The van der Waals surface area contributed by atoms with E-state index >= 15 is 0 Å². The van der Waals surface area contributed by atoms with E-state index in [-0.39, 0.29) is 11.2 Å². The molecule has 1 saturated heterocycles. The van der Waals surface area contributed by atoms with Crippen molar-refractivity contribution in [2.24, 2.45) is 5.41 Å². The van der Waals surface area contributed by atoms with E-state index < -0.39 is 0 Å². The van der Waals surface area contributed by atoms with Gasteiger partial charge in [0.05, 0.1) is 13.2 Å². The lowest BCUT2D eigenvalue weighted by molar-refractivity contribution is -0.200. The quantitative estimate of drug-likeness (QED) is 0.636. The molecule has 14 heavy (non-hydrogen) atoms. The smallest absolute Gasteiger partial charge is 0.169 e. The minimum absolute atomic E-state index is 0.0876. The molecule has 0 aromatic rings. The number of ether oxygens (including phenoxy) is 2. The monoisotopic (exact) mass is 198 g/mol. The number of carbonyl (C=O) groups excluding carboxylic acids is 1. The van der Waals surface area contributed by atoms with Crippen LogP contribution in [0.2, 0.25) is 0 Å². The van der Waals surface area contributed by atoms with Crippen LogP contribution in [0.3, 0.4) is 0 Å². The molecule has 2 rings (SSSR count). The Morgan fingerprint density at radius 1 is 1.29 bits per heavy atom. The zero-order valence-electron chi connectivity index (χ0n) is 8.75. The maximum atomic E-state index is 10.6. The first-order chi connectivity index (χ1) is 6.68. The van der Waals surface area contributed by atoms with Gasteiger partial charge in [0.25, 0.3) is 0 Å². The minimum atomic E-state index is -0.351. The van der Waals surface area contributed by atoms with Crippen molar-refractivity contribution in [2.45, 2.75) is 44.8 Å². The SMILES string of the molecule is CC1(CC=O)CCCC2(C1)OCCO2. The first-order valence-corrected chi connectivity index (χ1v) is 5.40. The van der Waals surface area contributed by atoms with Crippen molar-refractivity contribution in [2.75, 3.05) is 13.2 Å². The van der Waals surface area contributed by atoms with Crippen LogP contribution in [0.15, 0.2) is 0 Å². The Morgan fingerprint density at radius 2 is 2.00 bits per heavy atom. The Bertz CT molecular complexity index is 221. The van der Waals surface area contributed by atoms with Gasteiger partial charge in [-0.25, -0.2) is 0 Å². The second-order valence-electron chi connectivity index (χ2n) is 4.82. The van der Waals surface area contributed by atoms with Crippen LogP contribution in [0.25, 0.3) is 0 Å². The normalized spacial score (nSPS) is 36.1. The molecule has 1 saturated carbocycles. The molecule has 0 bridgehead atoms. The molecule has 0 amide bonds. The van der Waals surface area contributed by atoms with Crippen LogP contribution in [-0.2, 0) is 14.3 Å². The Morgan fingerprint density at radius 3 is 2.64 bits per heavy atom. The molecule has 1 heterocycles. The topological polar surface area (TPSA) is 35.5 Å². The lowest BCUT2D eigenvalue weighted by atomic mass is 9.71. The summed E-state index contributed by atoms with van der Waals surface area (Å²) in [6.45, 7) is 3.57. The summed E-state index contributed by atoms with van der Waals surface area (Å²) in [5.41, 5.74) is 0.0876. The average molecular weight is 198 g/mol. The molecular weight excluding hydrogens is 180 g/mol. The zero-order valence-corrected chi connectivity index (χ0v) is 8.75. The van der Waals surface area contributed by atoms with Crippen molar-refractivity contribution in [3.63, 3.8) is 0 Å². The van der Waals surface area contributed by atoms with Gasteiger partial charge in [0.2, 0.25) is 0 Å². The third-order valence-corrected chi connectivity index (χ3v) is 3.42. The van der Waals surface area contributed by atoms with E-state index in [9.17, 15) is 4.79 Å². The van der Waals surface area contributed by atoms with E-state index in [1.165, 1.54) is 0 Å². The molecule has 2 fully saturated rings. The summed E-state index contributed by atoms with van der Waals surface area (Å²) in [4.78, 5) is 10.6. The molecular formula is C11H18O3. The molecule has 1 spiro atoms. The fourth-order valence-electron chi connectivity index (χ4n) is 2.73.